The molecule has 0 aliphatic heterocycles. The van der Waals surface area contributed by atoms with Crippen LogP contribution < -0.4 is 5.32 Å². The molecule has 0 fully saturated rings. The molecule has 2 rings (SSSR count). The first kappa shape index (κ1) is 17.6. The van der Waals surface area contributed by atoms with E-state index in [9.17, 15) is 4.79 Å². The largest absolute Gasteiger partial charge is 0.349 e. The molecule has 0 aliphatic carbocycles. The van der Waals surface area contributed by atoms with Crippen LogP contribution in [-0.2, 0) is 10.5 Å². The van der Waals surface area contributed by atoms with E-state index in [2.05, 4.69) is 57.3 Å². The third-order valence-corrected chi connectivity index (χ3v) is 5.07. The molecule has 0 heterocycles. The van der Waals surface area contributed by atoms with Crippen LogP contribution in [0.3, 0.4) is 0 Å². The lowest BCUT2D eigenvalue weighted by Crippen LogP contribution is -2.28. The van der Waals surface area contributed by atoms with E-state index in [1.165, 1.54) is 27.8 Å². The molecule has 23 heavy (non-hydrogen) atoms. The van der Waals surface area contributed by atoms with Gasteiger partial charge in [0.15, 0.2) is 0 Å². The number of carbonyl (C=O) groups is 1. The Morgan fingerprint density at radius 3 is 2.39 bits per heavy atom. The second kappa shape index (κ2) is 8.21. The third kappa shape index (κ3) is 5.14. The molecule has 2 aromatic rings. The van der Waals surface area contributed by atoms with Crippen molar-refractivity contribution in [2.24, 2.45) is 0 Å². The highest BCUT2D eigenvalue weighted by atomic mass is 32.2. The molecule has 0 aliphatic rings. The summed E-state index contributed by atoms with van der Waals surface area (Å²) in [6.07, 6.45) is 0. The summed E-state index contributed by atoms with van der Waals surface area (Å²) >= 11 is 1.65. The van der Waals surface area contributed by atoms with Crippen molar-refractivity contribution >= 4 is 17.7 Å². The van der Waals surface area contributed by atoms with Gasteiger partial charge in [-0.25, -0.2) is 0 Å². The molecule has 1 amide bonds. The zero-order chi connectivity index (χ0) is 16.8. The fraction of sp³-hybridized carbons (Fsp3) is 0.350. The minimum absolute atomic E-state index is 0.0409. The molecule has 3 heteroatoms. The van der Waals surface area contributed by atoms with E-state index in [0.717, 1.165) is 5.75 Å². The van der Waals surface area contributed by atoms with Crippen molar-refractivity contribution in [2.75, 3.05) is 5.75 Å². The normalized spacial score (nSPS) is 12.0. The standard InChI is InChI=1S/C20H25NOS/c1-14-10-16(3)19(11-15(14)2)17(4)21-20(22)13-23-12-18-8-6-5-7-9-18/h5-11,17H,12-13H2,1-4H3,(H,21,22)/t17-/m0/s1. The maximum absolute atomic E-state index is 12.1. The number of hydrogen-bond acceptors (Lipinski definition) is 2. The van der Waals surface area contributed by atoms with Crippen molar-refractivity contribution in [3.05, 3.63) is 70.3 Å². The van der Waals surface area contributed by atoms with E-state index >= 15 is 0 Å². The second-order valence-corrected chi connectivity index (χ2v) is 7.05. The van der Waals surface area contributed by atoms with Gasteiger partial charge >= 0.3 is 0 Å². The fourth-order valence-electron chi connectivity index (χ4n) is 2.65. The topological polar surface area (TPSA) is 29.1 Å². The van der Waals surface area contributed by atoms with E-state index in [4.69, 9.17) is 0 Å². The molecule has 0 radical (unpaired) electrons. The molecule has 0 saturated carbocycles. The molecule has 0 spiro atoms. The minimum atomic E-state index is 0.0409. The van der Waals surface area contributed by atoms with E-state index < -0.39 is 0 Å². The van der Waals surface area contributed by atoms with Crippen molar-refractivity contribution in [3.63, 3.8) is 0 Å². The van der Waals surface area contributed by atoms with Gasteiger partial charge in [-0.15, -0.1) is 11.8 Å². The highest BCUT2D eigenvalue weighted by Crippen LogP contribution is 2.22. The Labute approximate surface area is 143 Å². The summed E-state index contributed by atoms with van der Waals surface area (Å²) in [6.45, 7) is 8.39. The Morgan fingerprint density at radius 1 is 1.04 bits per heavy atom. The summed E-state index contributed by atoms with van der Waals surface area (Å²) in [6, 6.07) is 14.7. The molecule has 0 aromatic heterocycles. The van der Waals surface area contributed by atoms with E-state index in [0.29, 0.717) is 5.75 Å². The van der Waals surface area contributed by atoms with Gasteiger partial charge < -0.3 is 5.32 Å². The van der Waals surface area contributed by atoms with Crippen molar-refractivity contribution in [1.29, 1.82) is 0 Å². The van der Waals surface area contributed by atoms with Crippen LogP contribution in [0.1, 0.15) is 40.8 Å². The Balaban J connectivity index is 1.86. The average Bonchev–Trinajstić information content (AvgIpc) is 2.51. The maximum Gasteiger partial charge on any atom is 0.230 e. The second-order valence-electron chi connectivity index (χ2n) is 6.06. The molecule has 2 nitrogen and oxygen atoms in total. The molecule has 122 valence electrons. The van der Waals surface area contributed by atoms with E-state index in [1.807, 2.05) is 18.2 Å². The molecule has 0 bridgehead atoms. The Kier molecular flexibility index (Phi) is 6.28. The molecule has 1 atom stereocenters. The quantitative estimate of drug-likeness (QED) is 0.831. The molecule has 0 saturated heterocycles. The number of thioether (sulfide) groups is 1. The van der Waals surface area contributed by atoms with Gasteiger partial charge in [0.25, 0.3) is 0 Å². The molecule has 0 unspecified atom stereocenters. The van der Waals surface area contributed by atoms with Crippen molar-refractivity contribution < 1.29 is 4.79 Å². The third-order valence-electron chi connectivity index (χ3n) is 4.07. The van der Waals surface area contributed by atoms with E-state index in [-0.39, 0.29) is 11.9 Å². The number of nitrogens with one attached hydrogen (secondary N) is 1. The van der Waals surface area contributed by atoms with Crippen molar-refractivity contribution in [1.82, 2.24) is 5.32 Å². The predicted molar refractivity (Wildman–Crippen MR) is 99.8 cm³/mol. The van der Waals surface area contributed by atoms with Gasteiger partial charge in [-0.3, -0.25) is 4.79 Å². The first-order valence-corrected chi connectivity index (χ1v) is 9.11. The van der Waals surface area contributed by atoms with Gasteiger partial charge in [0.1, 0.15) is 0 Å². The Morgan fingerprint density at radius 2 is 1.70 bits per heavy atom. The lowest BCUT2D eigenvalue weighted by atomic mass is 9.96. The van der Waals surface area contributed by atoms with Crippen LogP contribution in [0.2, 0.25) is 0 Å². The zero-order valence-corrected chi connectivity index (χ0v) is 15.2. The van der Waals surface area contributed by atoms with Gasteiger partial charge in [-0.2, -0.15) is 0 Å². The van der Waals surface area contributed by atoms with Crippen LogP contribution in [0.25, 0.3) is 0 Å². The van der Waals surface area contributed by atoms with Crippen molar-refractivity contribution in [3.8, 4) is 0 Å². The van der Waals surface area contributed by atoms with Gasteiger partial charge in [0.2, 0.25) is 5.91 Å². The number of carbonyl (C=O) groups excluding carboxylic acids is 1. The lowest BCUT2D eigenvalue weighted by molar-refractivity contribution is -0.119. The average molecular weight is 327 g/mol. The monoisotopic (exact) mass is 327 g/mol. The summed E-state index contributed by atoms with van der Waals surface area (Å²) in [5, 5.41) is 3.11. The number of amides is 1. The highest BCUT2D eigenvalue weighted by molar-refractivity contribution is 7.99. The molecule has 1 N–H and O–H groups in total. The van der Waals surface area contributed by atoms with Gasteiger partial charge in [-0.1, -0.05) is 42.5 Å². The van der Waals surface area contributed by atoms with Crippen LogP contribution in [0.4, 0.5) is 0 Å². The van der Waals surface area contributed by atoms with Crippen LogP contribution in [0.15, 0.2) is 42.5 Å². The number of aryl methyl sites for hydroxylation is 3. The first-order valence-electron chi connectivity index (χ1n) is 7.96. The number of benzene rings is 2. The Hall–Kier alpha value is -1.74. The Bertz CT molecular complexity index is 667. The van der Waals surface area contributed by atoms with Crippen molar-refractivity contribution in [2.45, 2.75) is 39.5 Å². The fourth-order valence-corrected chi connectivity index (χ4v) is 3.45. The summed E-state index contributed by atoms with van der Waals surface area (Å²) in [5.74, 6) is 1.45. The van der Waals surface area contributed by atoms with Crippen LogP contribution in [-0.4, -0.2) is 11.7 Å². The van der Waals surface area contributed by atoms with Gasteiger partial charge in [0, 0.05) is 5.75 Å². The minimum Gasteiger partial charge on any atom is -0.349 e. The van der Waals surface area contributed by atoms with Gasteiger partial charge in [-0.05, 0) is 55.5 Å². The molecule has 2 aromatic carbocycles. The predicted octanol–water partition coefficient (Wildman–Crippen LogP) is 4.72. The first-order chi connectivity index (χ1) is 11.0. The smallest absolute Gasteiger partial charge is 0.230 e. The molecular weight excluding hydrogens is 302 g/mol. The maximum atomic E-state index is 12.1. The summed E-state index contributed by atoms with van der Waals surface area (Å²) < 4.78 is 0. The molecular formula is C20H25NOS. The summed E-state index contributed by atoms with van der Waals surface area (Å²) in [4.78, 5) is 12.1. The van der Waals surface area contributed by atoms with Gasteiger partial charge in [0.05, 0.1) is 11.8 Å². The number of rotatable bonds is 6. The SMILES string of the molecule is Cc1cc(C)c([C@H](C)NC(=O)CSCc2ccccc2)cc1C. The summed E-state index contributed by atoms with van der Waals surface area (Å²) in [5.41, 5.74) is 6.25. The number of hydrogen-bond donors (Lipinski definition) is 1. The highest BCUT2D eigenvalue weighted by Gasteiger charge is 2.13. The van der Waals surface area contributed by atoms with Crippen LogP contribution in [0.5, 0.6) is 0 Å². The lowest BCUT2D eigenvalue weighted by Gasteiger charge is -2.18. The van der Waals surface area contributed by atoms with E-state index in [1.54, 1.807) is 11.8 Å². The van der Waals surface area contributed by atoms with Crippen LogP contribution in [0, 0.1) is 20.8 Å². The van der Waals surface area contributed by atoms with Crippen LogP contribution >= 0.6 is 11.8 Å². The summed E-state index contributed by atoms with van der Waals surface area (Å²) in [7, 11) is 0. The zero-order valence-electron chi connectivity index (χ0n) is 14.3.